The third kappa shape index (κ3) is 2.36. The Bertz CT molecular complexity index is 1150. The summed E-state index contributed by atoms with van der Waals surface area (Å²) in [7, 11) is 1.54. The zero-order valence-electron chi connectivity index (χ0n) is 12.9. The van der Waals surface area contributed by atoms with Crippen molar-refractivity contribution in [2.24, 2.45) is 0 Å². The van der Waals surface area contributed by atoms with E-state index >= 15 is 0 Å². The van der Waals surface area contributed by atoms with Gasteiger partial charge >= 0.3 is 0 Å². The fraction of sp³-hybridized carbons (Fsp3) is 0.0667. The summed E-state index contributed by atoms with van der Waals surface area (Å²) in [5.41, 5.74) is 0.308. The number of carbonyl (C=O) groups is 1. The summed E-state index contributed by atoms with van der Waals surface area (Å²) in [4.78, 5) is 29.4. The summed E-state index contributed by atoms with van der Waals surface area (Å²) in [6.45, 7) is 0. The van der Waals surface area contributed by atoms with Crippen LogP contribution in [0.5, 0.6) is 5.75 Å². The van der Waals surface area contributed by atoms with Crippen molar-refractivity contribution in [3.63, 3.8) is 0 Å². The first-order valence-corrected chi connectivity index (χ1v) is 7.21. The molecule has 0 atom stereocenters. The molecule has 0 aliphatic carbocycles. The van der Waals surface area contributed by atoms with Gasteiger partial charge in [-0.25, -0.2) is 4.98 Å². The Morgan fingerprint density at radius 3 is 2.92 bits per heavy atom. The fourth-order valence-corrected chi connectivity index (χ4v) is 2.58. The molecular formula is C15H11N7O3. The van der Waals surface area contributed by atoms with Crippen molar-refractivity contribution in [2.45, 2.75) is 0 Å². The van der Waals surface area contributed by atoms with Crippen LogP contribution in [0.1, 0.15) is 10.4 Å². The van der Waals surface area contributed by atoms with Gasteiger partial charge in [-0.05, 0) is 17.3 Å². The third-order valence-electron chi connectivity index (χ3n) is 3.69. The molecular weight excluding hydrogens is 326 g/mol. The number of rotatable bonds is 3. The molecule has 1 aromatic carbocycles. The van der Waals surface area contributed by atoms with E-state index in [0.29, 0.717) is 16.9 Å². The number of carbonyl (C=O) groups excluding carboxylic acids is 1. The van der Waals surface area contributed by atoms with Gasteiger partial charge in [-0.2, -0.15) is 5.21 Å². The van der Waals surface area contributed by atoms with Crippen LogP contribution in [0.3, 0.4) is 0 Å². The van der Waals surface area contributed by atoms with E-state index in [-0.39, 0.29) is 11.5 Å². The second kappa shape index (κ2) is 5.67. The van der Waals surface area contributed by atoms with Crippen molar-refractivity contribution in [3.05, 3.63) is 52.4 Å². The number of benzene rings is 1. The Kier molecular flexibility index (Phi) is 3.35. The number of hydrogen-bond acceptors (Lipinski definition) is 7. The first kappa shape index (κ1) is 14.8. The molecule has 0 saturated carbocycles. The molecule has 0 bridgehead atoms. The fourth-order valence-electron chi connectivity index (χ4n) is 2.58. The SMILES string of the molecule is COc1cc2ncc(C(=O)Nc3nn[nH]n3)c(=O)n2c2ccccc12. The van der Waals surface area contributed by atoms with Gasteiger partial charge in [0, 0.05) is 17.6 Å². The molecule has 1 amide bonds. The van der Waals surface area contributed by atoms with Crippen molar-refractivity contribution in [2.75, 3.05) is 12.4 Å². The van der Waals surface area contributed by atoms with Gasteiger partial charge in [0.15, 0.2) is 0 Å². The average molecular weight is 337 g/mol. The van der Waals surface area contributed by atoms with Gasteiger partial charge in [-0.3, -0.25) is 19.3 Å². The van der Waals surface area contributed by atoms with Crippen LogP contribution >= 0.6 is 0 Å². The number of anilines is 1. The van der Waals surface area contributed by atoms with E-state index in [1.807, 2.05) is 12.1 Å². The van der Waals surface area contributed by atoms with Gasteiger partial charge in [-0.15, -0.1) is 5.10 Å². The maximum Gasteiger partial charge on any atom is 0.271 e. The highest BCUT2D eigenvalue weighted by Gasteiger charge is 2.17. The molecule has 0 unspecified atom stereocenters. The monoisotopic (exact) mass is 337 g/mol. The second-order valence-corrected chi connectivity index (χ2v) is 5.09. The average Bonchev–Trinajstić information content (AvgIpc) is 3.13. The number of pyridine rings is 1. The van der Waals surface area contributed by atoms with Gasteiger partial charge in [0.1, 0.15) is 17.0 Å². The van der Waals surface area contributed by atoms with Crippen LogP contribution in [0, 0.1) is 0 Å². The van der Waals surface area contributed by atoms with E-state index in [1.165, 1.54) is 10.6 Å². The summed E-state index contributed by atoms with van der Waals surface area (Å²) >= 11 is 0. The highest BCUT2D eigenvalue weighted by molar-refractivity contribution is 6.03. The number of amides is 1. The lowest BCUT2D eigenvalue weighted by molar-refractivity contribution is 0.102. The number of H-pyrrole nitrogens is 1. The largest absolute Gasteiger partial charge is 0.496 e. The number of nitrogens with zero attached hydrogens (tertiary/aromatic N) is 5. The van der Waals surface area contributed by atoms with E-state index in [2.05, 4.69) is 30.9 Å². The van der Waals surface area contributed by atoms with Crippen LogP contribution in [0.4, 0.5) is 5.95 Å². The molecule has 0 aliphatic heterocycles. The van der Waals surface area contributed by atoms with Crippen LogP contribution < -0.4 is 15.6 Å². The van der Waals surface area contributed by atoms with Crippen molar-refractivity contribution in [1.29, 1.82) is 0 Å². The molecule has 3 heterocycles. The highest BCUT2D eigenvalue weighted by atomic mass is 16.5. The molecule has 3 aromatic heterocycles. The van der Waals surface area contributed by atoms with E-state index < -0.39 is 11.5 Å². The number of aromatic nitrogens is 6. The minimum absolute atomic E-state index is 0.0333. The molecule has 0 spiro atoms. The Hall–Kier alpha value is -3.82. The molecule has 0 fully saturated rings. The quantitative estimate of drug-likeness (QED) is 0.525. The summed E-state index contributed by atoms with van der Waals surface area (Å²) in [5, 5.41) is 15.9. The molecule has 0 radical (unpaired) electrons. The Morgan fingerprint density at radius 1 is 1.32 bits per heavy atom. The lowest BCUT2D eigenvalue weighted by Gasteiger charge is -2.11. The number of para-hydroxylation sites is 1. The van der Waals surface area contributed by atoms with Gasteiger partial charge in [-0.1, -0.05) is 17.2 Å². The molecule has 4 aromatic rings. The van der Waals surface area contributed by atoms with E-state index in [4.69, 9.17) is 4.74 Å². The zero-order chi connectivity index (χ0) is 17.4. The minimum atomic E-state index is -0.673. The molecule has 0 aliphatic rings. The number of aromatic amines is 1. The predicted molar refractivity (Wildman–Crippen MR) is 87.7 cm³/mol. The van der Waals surface area contributed by atoms with Crippen LogP contribution in [0.25, 0.3) is 16.6 Å². The van der Waals surface area contributed by atoms with E-state index in [9.17, 15) is 9.59 Å². The van der Waals surface area contributed by atoms with Crippen molar-refractivity contribution in [1.82, 2.24) is 30.0 Å². The number of hydrogen-bond donors (Lipinski definition) is 2. The van der Waals surface area contributed by atoms with E-state index in [0.717, 1.165) is 5.39 Å². The Balaban J connectivity index is 1.94. The Morgan fingerprint density at radius 2 is 2.16 bits per heavy atom. The predicted octanol–water partition coefficient (Wildman–Crippen LogP) is 0.622. The maximum absolute atomic E-state index is 12.9. The minimum Gasteiger partial charge on any atom is -0.496 e. The molecule has 124 valence electrons. The topological polar surface area (TPSA) is 127 Å². The normalized spacial score (nSPS) is 10.9. The molecule has 25 heavy (non-hydrogen) atoms. The number of ether oxygens (including phenoxy) is 1. The van der Waals surface area contributed by atoms with Crippen LogP contribution in [-0.2, 0) is 0 Å². The highest BCUT2D eigenvalue weighted by Crippen LogP contribution is 2.26. The Labute approximate surface area is 139 Å². The van der Waals surface area contributed by atoms with Gasteiger partial charge in [0.2, 0.25) is 0 Å². The molecule has 0 saturated heterocycles. The number of tetrazole rings is 1. The smallest absolute Gasteiger partial charge is 0.271 e. The van der Waals surface area contributed by atoms with Gasteiger partial charge in [0.25, 0.3) is 17.4 Å². The standard InChI is InChI=1S/C15H11N7O3/c1-25-11-6-12-16-7-9(13(23)17-15-18-20-21-19-15)14(24)22(12)10-5-3-2-4-8(10)11/h2-7H,1H3,(H2,17,18,19,20,21,23). The summed E-state index contributed by atoms with van der Waals surface area (Å²) < 4.78 is 6.73. The number of fused-ring (bicyclic) bond motifs is 3. The van der Waals surface area contributed by atoms with Crippen LogP contribution in [0.2, 0.25) is 0 Å². The van der Waals surface area contributed by atoms with Crippen molar-refractivity contribution in [3.8, 4) is 5.75 Å². The van der Waals surface area contributed by atoms with Gasteiger partial charge < -0.3 is 4.74 Å². The lowest BCUT2D eigenvalue weighted by atomic mass is 10.2. The number of methoxy groups -OCH3 is 1. The first-order chi connectivity index (χ1) is 12.2. The summed E-state index contributed by atoms with van der Waals surface area (Å²) in [6, 6.07) is 8.85. The summed E-state index contributed by atoms with van der Waals surface area (Å²) in [6.07, 6.45) is 1.21. The molecule has 10 nitrogen and oxygen atoms in total. The summed E-state index contributed by atoms with van der Waals surface area (Å²) in [5.74, 6) is -0.117. The number of nitrogens with one attached hydrogen (secondary N) is 2. The third-order valence-corrected chi connectivity index (χ3v) is 3.69. The lowest BCUT2D eigenvalue weighted by Crippen LogP contribution is -2.27. The van der Waals surface area contributed by atoms with Crippen molar-refractivity contribution >= 4 is 28.4 Å². The van der Waals surface area contributed by atoms with Crippen molar-refractivity contribution < 1.29 is 9.53 Å². The van der Waals surface area contributed by atoms with E-state index in [1.54, 1.807) is 25.3 Å². The van der Waals surface area contributed by atoms with Crippen LogP contribution in [0.15, 0.2) is 41.3 Å². The zero-order valence-corrected chi connectivity index (χ0v) is 12.9. The molecule has 4 rings (SSSR count). The molecule has 10 heteroatoms. The first-order valence-electron chi connectivity index (χ1n) is 7.21. The second-order valence-electron chi connectivity index (χ2n) is 5.09. The van der Waals surface area contributed by atoms with Crippen LogP contribution in [-0.4, -0.2) is 43.0 Å². The molecule has 2 N–H and O–H groups in total. The maximum atomic E-state index is 12.9. The van der Waals surface area contributed by atoms with Gasteiger partial charge in [0.05, 0.1) is 12.6 Å².